The summed E-state index contributed by atoms with van der Waals surface area (Å²) in [6, 6.07) is 7.09. The molecule has 0 aromatic heterocycles. The molecule has 0 aliphatic rings. The molecular formula is C19H29NO2S. The Kier molecular flexibility index (Phi) is 8.89. The van der Waals surface area contributed by atoms with Crippen LogP contribution in [0.4, 0.5) is 0 Å². The van der Waals surface area contributed by atoms with Gasteiger partial charge in [0.25, 0.3) is 0 Å². The van der Waals surface area contributed by atoms with Gasteiger partial charge in [-0.15, -0.1) is 13.2 Å². The largest absolute Gasteiger partial charge is 0.243 e. The van der Waals surface area contributed by atoms with Crippen LogP contribution in [-0.2, 0) is 10.0 Å². The van der Waals surface area contributed by atoms with E-state index in [1.54, 1.807) is 16.4 Å². The van der Waals surface area contributed by atoms with E-state index in [0.29, 0.717) is 18.0 Å². The first-order valence-corrected chi connectivity index (χ1v) is 9.75. The van der Waals surface area contributed by atoms with E-state index in [-0.39, 0.29) is 0 Å². The maximum Gasteiger partial charge on any atom is 0.243 e. The standard InChI is InChI=1S/C19H29NO2S/c1-4-6-8-10-16-20(17-11-9-7-5-2)23(21,22)19-14-12-18(3)13-15-19/h4-5,12-15H,1-2,6-11,16-17H2,3H3. The molecule has 0 saturated heterocycles. The number of unbranched alkanes of at least 4 members (excludes halogenated alkanes) is 4. The molecule has 23 heavy (non-hydrogen) atoms. The van der Waals surface area contributed by atoms with Crippen molar-refractivity contribution < 1.29 is 8.42 Å². The van der Waals surface area contributed by atoms with E-state index in [0.717, 1.165) is 44.1 Å². The lowest BCUT2D eigenvalue weighted by Gasteiger charge is -2.22. The molecule has 0 radical (unpaired) electrons. The number of hydrogen-bond acceptors (Lipinski definition) is 2. The minimum atomic E-state index is -3.41. The van der Waals surface area contributed by atoms with Crippen molar-refractivity contribution in [1.29, 1.82) is 0 Å². The highest BCUT2D eigenvalue weighted by Crippen LogP contribution is 2.18. The third kappa shape index (κ3) is 6.71. The number of aryl methyl sites for hydroxylation is 1. The maximum atomic E-state index is 12.9. The smallest absolute Gasteiger partial charge is 0.207 e. The maximum absolute atomic E-state index is 12.9. The van der Waals surface area contributed by atoms with E-state index in [4.69, 9.17) is 0 Å². The number of sulfonamides is 1. The summed E-state index contributed by atoms with van der Waals surface area (Å²) in [6.45, 7) is 10.5. The quantitative estimate of drug-likeness (QED) is 0.410. The average Bonchev–Trinajstić information content (AvgIpc) is 2.53. The molecule has 0 N–H and O–H groups in total. The molecule has 128 valence electrons. The Morgan fingerprint density at radius 1 is 0.913 bits per heavy atom. The topological polar surface area (TPSA) is 37.4 Å². The Labute approximate surface area is 141 Å². The van der Waals surface area contributed by atoms with Crippen LogP contribution in [-0.4, -0.2) is 25.8 Å². The molecule has 0 saturated carbocycles. The number of rotatable bonds is 12. The number of allylic oxidation sites excluding steroid dienone is 2. The van der Waals surface area contributed by atoms with E-state index in [1.807, 2.05) is 31.2 Å². The third-order valence-corrected chi connectivity index (χ3v) is 5.70. The fourth-order valence-electron chi connectivity index (χ4n) is 2.37. The minimum absolute atomic E-state index is 0.385. The van der Waals surface area contributed by atoms with Gasteiger partial charge in [0.05, 0.1) is 4.90 Å². The average molecular weight is 336 g/mol. The van der Waals surface area contributed by atoms with Gasteiger partial charge < -0.3 is 0 Å². The van der Waals surface area contributed by atoms with Gasteiger partial charge in [0, 0.05) is 13.1 Å². The first kappa shape index (κ1) is 19.7. The molecule has 1 rings (SSSR count). The Balaban J connectivity index is 2.79. The number of hydrogen-bond donors (Lipinski definition) is 0. The van der Waals surface area contributed by atoms with E-state index >= 15 is 0 Å². The van der Waals surface area contributed by atoms with Gasteiger partial charge in [0.15, 0.2) is 0 Å². The lowest BCUT2D eigenvalue weighted by molar-refractivity contribution is 0.391. The molecule has 0 amide bonds. The van der Waals surface area contributed by atoms with E-state index in [2.05, 4.69) is 13.2 Å². The summed E-state index contributed by atoms with van der Waals surface area (Å²) in [5, 5.41) is 0. The molecule has 0 atom stereocenters. The predicted molar refractivity (Wildman–Crippen MR) is 98.0 cm³/mol. The minimum Gasteiger partial charge on any atom is -0.207 e. The molecule has 3 nitrogen and oxygen atoms in total. The second-order valence-corrected chi connectivity index (χ2v) is 7.72. The molecule has 0 aliphatic carbocycles. The summed E-state index contributed by atoms with van der Waals surface area (Å²) < 4.78 is 27.3. The fraction of sp³-hybridized carbons (Fsp3) is 0.474. The van der Waals surface area contributed by atoms with Crippen LogP contribution in [0.25, 0.3) is 0 Å². The molecule has 0 aliphatic heterocycles. The van der Waals surface area contributed by atoms with Crippen molar-refractivity contribution in [3.63, 3.8) is 0 Å². The summed E-state index contributed by atoms with van der Waals surface area (Å²) in [7, 11) is -3.41. The van der Waals surface area contributed by atoms with Gasteiger partial charge in [-0.1, -0.05) is 29.8 Å². The van der Waals surface area contributed by atoms with Gasteiger partial charge in [-0.3, -0.25) is 0 Å². The molecule has 0 unspecified atom stereocenters. The molecule has 0 spiro atoms. The highest BCUT2D eigenvalue weighted by Gasteiger charge is 2.23. The van der Waals surface area contributed by atoms with Crippen LogP contribution in [0.1, 0.15) is 44.1 Å². The second-order valence-electron chi connectivity index (χ2n) is 5.79. The molecule has 1 aromatic rings. The zero-order valence-corrected chi connectivity index (χ0v) is 15.0. The van der Waals surface area contributed by atoms with Crippen LogP contribution < -0.4 is 0 Å². The van der Waals surface area contributed by atoms with E-state index in [1.165, 1.54) is 0 Å². The Hall–Kier alpha value is -1.39. The van der Waals surface area contributed by atoms with E-state index < -0.39 is 10.0 Å². The summed E-state index contributed by atoms with van der Waals surface area (Å²) in [4.78, 5) is 0.385. The molecule has 0 heterocycles. The van der Waals surface area contributed by atoms with Crippen molar-refractivity contribution in [1.82, 2.24) is 4.31 Å². The van der Waals surface area contributed by atoms with Crippen molar-refractivity contribution in [2.45, 2.75) is 50.3 Å². The van der Waals surface area contributed by atoms with Gasteiger partial charge in [-0.05, 0) is 57.6 Å². The van der Waals surface area contributed by atoms with E-state index in [9.17, 15) is 8.42 Å². The van der Waals surface area contributed by atoms with Crippen molar-refractivity contribution in [2.24, 2.45) is 0 Å². The highest BCUT2D eigenvalue weighted by molar-refractivity contribution is 7.89. The summed E-state index contributed by atoms with van der Waals surface area (Å²) >= 11 is 0. The lowest BCUT2D eigenvalue weighted by Crippen LogP contribution is -2.33. The van der Waals surface area contributed by atoms with Gasteiger partial charge in [0.1, 0.15) is 0 Å². The molecule has 0 fully saturated rings. The van der Waals surface area contributed by atoms with Crippen LogP contribution in [0.3, 0.4) is 0 Å². The van der Waals surface area contributed by atoms with Crippen LogP contribution in [0.5, 0.6) is 0 Å². The van der Waals surface area contributed by atoms with Crippen molar-refractivity contribution in [2.75, 3.05) is 13.1 Å². The monoisotopic (exact) mass is 335 g/mol. The molecule has 4 heteroatoms. The summed E-state index contributed by atoms with van der Waals surface area (Å²) in [5.74, 6) is 0. The normalized spacial score (nSPS) is 11.6. The van der Waals surface area contributed by atoms with Crippen molar-refractivity contribution in [3.8, 4) is 0 Å². The predicted octanol–water partition coefficient (Wildman–Crippen LogP) is 4.70. The van der Waals surface area contributed by atoms with Gasteiger partial charge in [-0.2, -0.15) is 4.31 Å². The third-order valence-electron chi connectivity index (χ3n) is 3.79. The Morgan fingerprint density at radius 3 is 1.83 bits per heavy atom. The second kappa shape index (κ2) is 10.4. The molecular weight excluding hydrogens is 306 g/mol. The molecule has 0 bridgehead atoms. The molecule has 1 aromatic carbocycles. The van der Waals surface area contributed by atoms with Gasteiger partial charge in [0.2, 0.25) is 10.0 Å². The highest BCUT2D eigenvalue weighted by atomic mass is 32.2. The SMILES string of the molecule is C=CCCCCN(CCCCC=C)S(=O)(=O)c1ccc(C)cc1. The van der Waals surface area contributed by atoms with Crippen LogP contribution in [0, 0.1) is 6.92 Å². The Bertz CT molecular complexity index is 560. The van der Waals surface area contributed by atoms with Gasteiger partial charge >= 0.3 is 0 Å². The Morgan fingerprint density at radius 2 is 1.39 bits per heavy atom. The summed E-state index contributed by atoms with van der Waals surface area (Å²) in [5.41, 5.74) is 1.06. The zero-order valence-electron chi connectivity index (χ0n) is 14.2. The fourth-order valence-corrected chi connectivity index (χ4v) is 3.88. The van der Waals surface area contributed by atoms with Crippen molar-refractivity contribution >= 4 is 10.0 Å². The summed E-state index contributed by atoms with van der Waals surface area (Å²) in [6.07, 6.45) is 9.26. The number of nitrogens with zero attached hydrogens (tertiary/aromatic N) is 1. The first-order valence-electron chi connectivity index (χ1n) is 8.31. The first-order chi connectivity index (χ1) is 11.0. The van der Waals surface area contributed by atoms with Crippen LogP contribution >= 0.6 is 0 Å². The van der Waals surface area contributed by atoms with Crippen molar-refractivity contribution in [3.05, 3.63) is 55.1 Å². The number of benzene rings is 1. The van der Waals surface area contributed by atoms with Crippen LogP contribution in [0.15, 0.2) is 54.5 Å². The van der Waals surface area contributed by atoms with Crippen LogP contribution in [0.2, 0.25) is 0 Å². The lowest BCUT2D eigenvalue weighted by atomic mass is 10.2. The zero-order chi connectivity index (χ0) is 17.1. The van der Waals surface area contributed by atoms with Gasteiger partial charge in [-0.25, -0.2) is 8.42 Å².